The van der Waals surface area contributed by atoms with Crippen molar-refractivity contribution in [3.8, 4) is 0 Å². The van der Waals surface area contributed by atoms with Gasteiger partial charge in [0.25, 0.3) is 0 Å². The summed E-state index contributed by atoms with van der Waals surface area (Å²) in [6.07, 6.45) is 2.06. The van der Waals surface area contributed by atoms with E-state index in [0.29, 0.717) is 11.6 Å². The molecule has 0 saturated carbocycles. The van der Waals surface area contributed by atoms with Crippen molar-refractivity contribution in [2.24, 2.45) is 5.92 Å². The van der Waals surface area contributed by atoms with Crippen LogP contribution in [0.1, 0.15) is 26.7 Å². The van der Waals surface area contributed by atoms with E-state index in [-0.39, 0.29) is 11.7 Å². The first-order valence-corrected chi connectivity index (χ1v) is 6.00. The van der Waals surface area contributed by atoms with Crippen molar-refractivity contribution in [3.63, 3.8) is 0 Å². The van der Waals surface area contributed by atoms with Crippen LogP contribution in [0.2, 0.25) is 0 Å². The Bertz CT molecular complexity index is 420. The zero-order valence-electron chi connectivity index (χ0n) is 10.2. The van der Waals surface area contributed by atoms with Crippen LogP contribution in [0.25, 0.3) is 0 Å². The van der Waals surface area contributed by atoms with Crippen molar-refractivity contribution in [3.05, 3.63) is 23.8 Å². The Kier molecular flexibility index (Phi) is 3.22. The fourth-order valence-corrected chi connectivity index (χ4v) is 2.57. The Morgan fingerprint density at radius 1 is 1.29 bits per heavy atom. The van der Waals surface area contributed by atoms with E-state index in [4.69, 9.17) is 5.73 Å². The molecule has 0 spiro atoms. The molecule has 4 heteroatoms. The fraction of sp³-hybridized carbons (Fsp3) is 0.538. The van der Waals surface area contributed by atoms with Crippen molar-refractivity contribution in [1.29, 1.82) is 0 Å². The third-order valence-electron chi connectivity index (χ3n) is 3.52. The molecule has 1 saturated heterocycles. The van der Waals surface area contributed by atoms with Gasteiger partial charge in [-0.3, -0.25) is 0 Å². The van der Waals surface area contributed by atoms with Crippen molar-refractivity contribution in [2.75, 3.05) is 17.2 Å². The zero-order chi connectivity index (χ0) is 12.6. The maximum atomic E-state index is 13.4. The highest BCUT2D eigenvalue weighted by molar-refractivity contribution is 5.68. The quantitative estimate of drug-likeness (QED) is 0.764. The number of hydrogen-bond acceptors (Lipinski definition) is 2. The Labute approximate surface area is 100 Å². The lowest BCUT2D eigenvalue weighted by molar-refractivity contribution is 0.377. The van der Waals surface area contributed by atoms with Crippen LogP contribution in [0.3, 0.4) is 0 Å². The summed E-state index contributed by atoms with van der Waals surface area (Å²) < 4.78 is 26.7. The molecule has 2 N–H and O–H groups in total. The van der Waals surface area contributed by atoms with Crippen LogP contribution in [0.15, 0.2) is 12.1 Å². The number of nitrogens with zero attached hydrogens (tertiary/aromatic N) is 1. The predicted octanol–water partition coefficient (Wildman–Crippen LogP) is 3.17. The topological polar surface area (TPSA) is 29.3 Å². The van der Waals surface area contributed by atoms with Gasteiger partial charge in [0, 0.05) is 18.7 Å². The smallest absolute Gasteiger partial charge is 0.151 e. The SMILES string of the molecule is CC1CCN(c2cc(F)cc(F)c2N)C(C)C1. The molecule has 2 rings (SSSR count). The molecule has 0 bridgehead atoms. The summed E-state index contributed by atoms with van der Waals surface area (Å²) in [5.41, 5.74) is 6.23. The molecular weight excluding hydrogens is 222 g/mol. The molecule has 0 aromatic heterocycles. The maximum Gasteiger partial charge on any atom is 0.151 e. The third-order valence-corrected chi connectivity index (χ3v) is 3.52. The van der Waals surface area contributed by atoms with E-state index < -0.39 is 11.6 Å². The van der Waals surface area contributed by atoms with Crippen molar-refractivity contribution < 1.29 is 8.78 Å². The van der Waals surface area contributed by atoms with Crippen molar-refractivity contribution in [1.82, 2.24) is 0 Å². The van der Waals surface area contributed by atoms with Gasteiger partial charge in [0.2, 0.25) is 0 Å². The van der Waals surface area contributed by atoms with E-state index in [1.54, 1.807) is 0 Å². The normalized spacial score (nSPS) is 25.1. The molecule has 2 atom stereocenters. The highest BCUT2D eigenvalue weighted by Crippen LogP contribution is 2.33. The standard InChI is InChI=1S/C13H18F2N2/c1-8-3-4-17(9(2)5-8)12-7-10(14)6-11(15)13(12)16/h6-9H,3-5,16H2,1-2H3. The first kappa shape index (κ1) is 12.1. The maximum absolute atomic E-state index is 13.4. The number of anilines is 2. The minimum absolute atomic E-state index is 0.0489. The molecule has 1 fully saturated rings. The van der Waals surface area contributed by atoms with Gasteiger partial charge in [0.15, 0.2) is 5.82 Å². The van der Waals surface area contributed by atoms with Gasteiger partial charge in [-0.15, -0.1) is 0 Å². The van der Waals surface area contributed by atoms with Gasteiger partial charge in [-0.25, -0.2) is 8.78 Å². The molecule has 17 heavy (non-hydrogen) atoms. The summed E-state index contributed by atoms with van der Waals surface area (Å²) in [6.45, 7) is 5.07. The van der Waals surface area contributed by atoms with E-state index in [1.807, 2.05) is 4.90 Å². The summed E-state index contributed by atoms with van der Waals surface area (Å²) in [7, 11) is 0. The second kappa shape index (κ2) is 4.51. The van der Waals surface area contributed by atoms with Crippen LogP contribution in [0.5, 0.6) is 0 Å². The molecule has 1 heterocycles. The Morgan fingerprint density at radius 2 is 2.00 bits per heavy atom. The first-order valence-electron chi connectivity index (χ1n) is 6.00. The van der Waals surface area contributed by atoms with Gasteiger partial charge in [0.1, 0.15) is 5.82 Å². The summed E-state index contributed by atoms with van der Waals surface area (Å²) in [6, 6.07) is 2.42. The van der Waals surface area contributed by atoms with Crippen molar-refractivity contribution >= 4 is 11.4 Å². The number of halogens is 2. The summed E-state index contributed by atoms with van der Waals surface area (Å²) >= 11 is 0. The van der Waals surface area contributed by atoms with E-state index >= 15 is 0 Å². The van der Waals surface area contributed by atoms with Crippen LogP contribution < -0.4 is 10.6 Å². The second-order valence-corrected chi connectivity index (χ2v) is 4.99. The lowest BCUT2D eigenvalue weighted by atomic mass is 9.93. The Balaban J connectivity index is 2.33. The number of piperidine rings is 1. The first-order chi connectivity index (χ1) is 7.99. The molecule has 94 valence electrons. The summed E-state index contributed by atoms with van der Waals surface area (Å²) in [5.74, 6) is -0.593. The van der Waals surface area contributed by atoms with Gasteiger partial charge >= 0.3 is 0 Å². The van der Waals surface area contributed by atoms with E-state index in [2.05, 4.69) is 13.8 Å². The highest BCUT2D eigenvalue weighted by Gasteiger charge is 2.25. The van der Waals surface area contributed by atoms with Gasteiger partial charge in [0.05, 0.1) is 11.4 Å². The minimum Gasteiger partial charge on any atom is -0.395 e. The average Bonchev–Trinajstić information content (AvgIpc) is 2.24. The van der Waals surface area contributed by atoms with E-state index in [0.717, 1.165) is 25.5 Å². The van der Waals surface area contributed by atoms with Gasteiger partial charge < -0.3 is 10.6 Å². The zero-order valence-corrected chi connectivity index (χ0v) is 10.2. The largest absolute Gasteiger partial charge is 0.395 e. The van der Waals surface area contributed by atoms with Crippen molar-refractivity contribution in [2.45, 2.75) is 32.7 Å². The number of nitrogen functional groups attached to an aromatic ring is 1. The minimum atomic E-state index is -0.675. The van der Waals surface area contributed by atoms with E-state index in [1.165, 1.54) is 6.07 Å². The fourth-order valence-electron chi connectivity index (χ4n) is 2.57. The molecule has 0 radical (unpaired) electrons. The van der Waals surface area contributed by atoms with E-state index in [9.17, 15) is 8.78 Å². The molecule has 2 nitrogen and oxygen atoms in total. The number of benzene rings is 1. The Morgan fingerprint density at radius 3 is 2.65 bits per heavy atom. The van der Waals surface area contributed by atoms with Crippen LogP contribution in [0, 0.1) is 17.6 Å². The number of rotatable bonds is 1. The van der Waals surface area contributed by atoms with Crippen LogP contribution >= 0.6 is 0 Å². The number of nitrogens with two attached hydrogens (primary N) is 1. The lowest BCUT2D eigenvalue weighted by Gasteiger charge is -2.38. The van der Waals surface area contributed by atoms with Gasteiger partial charge in [-0.2, -0.15) is 0 Å². The second-order valence-electron chi connectivity index (χ2n) is 4.99. The Hall–Kier alpha value is -1.32. The number of hydrogen-bond donors (Lipinski definition) is 1. The van der Waals surface area contributed by atoms with Gasteiger partial charge in [-0.1, -0.05) is 6.92 Å². The molecular formula is C13H18F2N2. The average molecular weight is 240 g/mol. The van der Waals surface area contributed by atoms with Gasteiger partial charge in [-0.05, 0) is 31.7 Å². The summed E-state index contributed by atoms with van der Waals surface area (Å²) in [5, 5.41) is 0. The monoisotopic (exact) mass is 240 g/mol. The molecule has 1 aromatic rings. The summed E-state index contributed by atoms with van der Waals surface area (Å²) in [4.78, 5) is 2.00. The molecule has 0 aliphatic carbocycles. The van der Waals surface area contributed by atoms with Crippen LogP contribution in [-0.2, 0) is 0 Å². The molecule has 0 amide bonds. The molecule has 2 unspecified atom stereocenters. The molecule has 1 aliphatic rings. The molecule has 1 aromatic carbocycles. The van der Waals surface area contributed by atoms with Crippen LogP contribution in [-0.4, -0.2) is 12.6 Å². The molecule has 1 aliphatic heterocycles. The lowest BCUT2D eigenvalue weighted by Crippen LogP contribution is -2.40. The highest BCUT2D eigenvalue weighted by atomic mass is 19.1. The van der Waals surface area contributed by atoms with Crippen LogP contribution in [0.4, 0.5) is 20.2 Å². The third kappa shape index (κ3) is 2.35. The predicted molar refractivity (Wildman–Crippen MR) is 66.0 cm³/mol.